The van der Waals surface area contributed by atoms with Crippen LogP contribution >= 0.6 is 0 Å². The smallest absolute Gasteiger partial charge is 0.161 e. The SMILES string of the molecule is Cn1ccc(-c2nccn2C2C=CCC2)n1. The number of nitrogens with zero attached hydrogens (tertiary/aromatic N) is 4. The molecule has 0 radical (unpaired) electrons. The molecule has 0 spiro atoms. The van der Waals surface area contributed by atoms with E-state index >= 15 is 0 Å². The Morgan fingerprint density at radius 3 is 3.00 bits per heavy atom. The van der Waals surface area contributed by atoms with Crippen molar-refractivity contribution in [2.24, 2.45) is 7.05 Å². The maximum Gasteiger partial charge on any atom is 0.161 e. The average Bonchev–Trinajstić information content (AvgIpc) is 2.96. The van der Waals surface area contributed by atoms with Gasteiger partial charge in [-0.3, -0.25) is 4.68 Å². The first kappa shape index (κ1) is 9.39. The molecular formula is C12H14N4. The highest BCUT2D eigenvalue weighted by atomic mass is 15.3. The predicted octanol–water partition coefficient (Wildman–Crippen LogP) is 2.17. The summed E-state index contributed by atoms with van der Waals surface area (Å²) in [5.41, 5.74) is 0.938. The van der Waals surface area contributed by atoms with Crippen LogP contribution in [0.1, 0.15) is 18.9 Å². The summed E-state index contributed by atoms with van der Waals surface area (Å²) in [6, 6.07) is 2.44. The minimum atomic E-state index is 0.444. The fourth-order valence-electron chi connectivity index (χ4n) is 2.16. The highest BCUT2D eigenvalue weighted by Gasteiger charge is 2.16. The molecule has 2 heterocycles. The predicted molar refractivity (Wildman–Crippen MR) is 61.8 cm³/mol. The summed E-state index contributed by atoms with van der Waals surface area (Å²) in [7, 11) is 1.92. The molecule has 3 rings (SSSR count). The molecule has 0 saturated heterocycles. The molecule has 16 heavy (non-hydrogen) atoms. The van der Waals surface area contributed by atoms with Crippen LogP contribution in [0.2, 0.25) is 0 Å². The van der Waals surface area contributed by atoms with E-state index < -0.39 is 0 Å². The van der Waals surface area contributed by atoms with Crippen LogP contribution in [-0.4, -0.2) is 19.3 Å². The Morgan fingerprint density at radius 2 is 2.31 bits per heavy atom. The van der Waals surface area contributed by atoms with Gasteiger partial charge in [-0.1, -0.05) is 12.2 Å². The number of aromatic nitrogens is 4. The van der Waals surface area contributed by atoms with Crippen molar-refractivity contribution in [2.75, 3.05) is 0 Å². The van der Waals surface area contributed by atoms with Gasteiger partial charge >= 0.3 is 0 Å². The highest BCUT2D eigenvalue weighted by molar-refractivity contribution is 5.49. The zero-order valence-corrected chi connectivity index (χ0v) is 9.24. The van der Waals surface area contributed by atoms with Gasteiger partial charge in [0, 0.05) is 25.6 Å². The number of allylic oxidation sites excluding steroid dienone is 2. The molecule has 4 nitrogen and oxygen atoms in total. The Kier molecular flexibility index (Phi) is 2.13. The second-order valence-corrected chi connectivity index (χ2v) is 4.11. The first-order chi connectivity index (χ1) is 7.84. The molecule has 0 aromatic carbocycles. The topological polar surface area (TPSA) is 35.6 Å². The van der Waals surface area contributed by atoms with Gasteiger partial charge in [0.2, 0.25) is 0 Å². The van der Waals surface area contributed by atoms with E-state index in [0.29, 0.717) is 6.04 Å². The number of rotatable bonds is 2. The zero-order valence-electron chi connectivity index (χ0n) is 9.24. The monoisotopic (exact) mass is 214 g/mol. The van der Waals surface area contributed by atoms with E-state index in [1.165, 1.54) is 0 Å². The third kappa shape index (κ3) is 1.46. The summed E-state index contributed by atoms with van der Waals surface area (Å²) in [5, 5.41) is 4.39. The lowest BCUT2D eigenvalue weighted by atomic mass is 10.2. The van der Waals surface area contributed by atoms with Crippen LogP contribution in [0.5, 0.6) is 0 Å². The van der Waals surface area contributed by atoms with Crippen molar-refractivity contribution >= 4 is 0 Å². The van der Waals surface area contributed by atoms with Crippen LogP contribution in [0, 0.1) is 0 Å². The summed E-state index contributed by atoms with van der Waals surface area (Å²) in [5.74, 6) is 0.956. The van der Waals surface area contributed by atoms with E-state index in [0.717, 1.165) is 24.4 Å². The zero-order chi connectivity index (χ0) is 11.0. The van der Waals surface area contributed by atoms with Crippen LogP contribution in [-0.2, 0) is 7.05 Å². The minimum Gasteiger partial charge on any atom is -0.323 e. The lowest BCUT2D eigenvalue weighted by molar-refractivity contribution is 0.594. The molecule has 2 aromatic heterocycles. The number of aryl methyl sites for hydroxylation is 1. The number of hydrogen-bond donors (Lipinski definition) is 0. The summed E-state index contributed by atoms with van der Waals surface area (Å²) in [6.45, 7) is 0. The van der Waals surface area contributed by atoms with Crippen molar-refractivity contribution in [1.82, 2.24) is 19.3 Å². The summed E-state index contributed by atoms with van der Waals surface area (Å²) in [4.78, 5) is 4.40. The first-order valence-electron chi connectivity index (χ1n) is 5.54. The van der Waals surface area contributed by atoms with Crippen LogP contribution in [0.4, 0.5) is 0 Å². The van der Waals surface area contributed by atoms with Gasteiger partial charge in [0.15, 0.2) is 5.82 Å². The molecule has 1 atom stereocenters. The maximum absolute atomic E-state index is 4.40. The van der Waals surface area contributed by atoms with Gasteiger partial charge < -0.3 is 4.57 Å². The molecule has 0 amide bonds. The van der Waals surface area contributed by atoms with Crippen molar-refractivity contribution in [1.29, 1.82) is 0 Å². The normalized spacial score (nSPS) is 19.4. The molecule has 0 bridgehead atoms. The molecule has 0 aliphatic heterocycles. The summed E-state index contributed by atoms with van der Waals surface area (Å²) >= 11 is 0. The lowest BCUT2D eigenvalue weighted by Crippen LogP contribution is -2.05. The van der Waals surface area contributed by atoms with E-state index in [2.05, 4.69) is 26.8 Å². The fourth-order valence-corrected chi connectivity index (χ4v) is 2.16. The van der Waals surface area contributed by atoms with E-state index in [1.54, 1.807) is 4.68 Å². The third-order valence-electron chi connectivity index (χ3n) is 2.96. The van der Waals surface area contributed by atoms with Gasteiger partial charge in [-0.05, 0) is 18.9 Å². The van der Waals surface area contributed by atoms with Gasteiger partial charge in [0.05, 0.1) is 6.04 Å². The lowest BCUT2D eigenvalue weighted by Gasteiger charge is -2.12. The van der Waals surface area contributed by atoms with Gasteiger partial charge in [-0.25, -0.2) is 4.98 Å². The van der Waals surface area contributed by atoms with Gasteiger partial charge in [-0.15, -0.1) is 0 Å². The van der Waals surface area contributed by atoms with Crippen molar-refractivity contribution in [2.45, 2.75) is 18.9 Å². The first-order valence-corrected chi connectivity index (χ1v) is 5.54. The van der Waals surface area contributed by atoms with E-state index in [4.69, 9.17) is 0 Å². The van der Waals surface area contributed by atoms with Crippen molar-refractivity contribution in [3.05, 3.63) is 36.8 Å². The number of imidazole rings is 1. The third-order valence-corrected chi connectivity index (χ3v) is 2.96. The quantitative estimate of drug-likeness (QED) is 0.718. The number of hydrogen-bond acceptors (Lipinski definition) is 2. The van der Waals surface area contributed by atoms with Crippen LogP contribution in [0.25, 0.3) is 11.5 Å². The Hall–Kier alpha value is -1.84. The molecule has 2 aromatic rings. The van der Waals surface area contributed by atoms with Gasteiger partial charge in [-0.2, -0.15) is 5.10 Å². The molecule has 1 unspecified atom stereocenters. The highest BCUT2D eigenvalue weighted by Crippen LogP contribution is 2.27. The molecule has 1 aliphatic carbocycles. The van der Waals surface area contributed by atoms with Gasteiger partial charge in [0.1, 0.15) is 5.69 Å². The summed E-state index contributed by atoms with van der Waals surface area (Å²) in [6.07, 6.45) is 12.6. The van der Waals surface area contributed by atoms with Gasteiger partial charge in [0.25, 0.3) is 0 Å². The average molecular weight is 214 g/mol. The largest absolute Gasteiger partial charge is 0.323 e. The van der Waals surface area contributed by atoms with E-state index in [1.807, 2.05) is 31.7 Å². The molecular weight excluding hydrogens is 200 g/mol. The van der Waals surface area contributed by atoms with Crippen LogP contribution in [0.15, 0.2) is 36.8 Å². The van der Waals surface area contributed by atoms with Crippen molar-refractivity contribution in [3.63, 3.8) is 0 Å². The molecule has 82 valence electrons. The minimum absolute atomic E-state index is 0.444. The van der Waals surface area contributed by atoms with Crippen LogP contribution < -0.4 is 0 Å². The Bertz CT molecular complexity index is 521. The molecule has 0 saturated carbocycles. The second kappa shape index (κ2) is 3.63. The van der Waals surface area contributed by atoms with E-state index in [9.17, 15) is 0 Å². The molecule has 1 aliphatic rings. The fraction of sp³-hybridized carbons (Fsp3) is 0.333. The van der Waals surface area contributed by atoms with E-state index in [-0.39, 0.29) is 0 Å². The summed E-state index contributed by atoms with van der Waals surface area (Å²) < 4.78 is 4.00. The second-order valence-electron chi connectivity index (χ2n) is 4.11. The van der Waals surface area contributed by atoms with Crippen molar-refractivity contribution in [3.8, 4) is 11.5 Å². The Balaban J connectivity index is 2.01. The Morgan fingerprint density at radius 1 is 1.38 bits per heavy atom. The molecule has 0 fully saturated rings. The maximum atomic E-state index is 4.40. The molecule has 4 heteroatoms. The van der Waals surface area contributed by atoms with Crippen molar-refractivity contribution < 1.29 is 0 Å². The van der Waals surface area contributed by atoms with Crippen LogP contribution in [0.3, 0.4) is 0 Å². The molecule has 0 N–H and O–H groups in total. The standard InChI is InChI=1S/C12H14N4/c1-15-8-6-11(14-15)12-13-7-9-16(12)10-4-2-3-5-10/h2,4,6-10H,3,5H2,1H3. The Labute approximate surface area is 94.2 Å².